The van der Waals surface area contributed by atoms with Crippen LogP contribution in [0.3, 0.4) is 0 Å². The first-order valence-corrected chi connectivity index (χ1v) is 7.22. The molecule has 0 aliphatic carbocycles. The highest BCUT2D eigenvalue weighted by molar-refractivity contribution is 5.76. The quantitative estimate of drug-likeness (QED) is 0.893. The van der Waals surface area contributed by atoms with Gasteiger partial charge in [0.2, 0.25) is 5.91 Å². The summed E-state index contributed by atoms with van der Waals surface area (Å²) in [5.74, 6) is 0.243. The van der Waals surface area contributed by atoms with Crippen molar-refractivity contribution in [3.05, 3.63) is 35.4 Å². The fourth-order valence-corrected chi connectivity index (χ4v) is 2.52. The standard InChI is InChI=1S/C16H21N3O/c1-13(15-6-4-5-14(11-15)12-17)18-8-7-16(20)19-9-2-3-10-19/h4-6,11,13,18H,2-3,7-10H2,1H3. The smallest absolute Gasteiger partial charge is 0.223 e. The predicted molar refractivity (Wildman–Crippen MR) is 78.0 cm³/mol. The number of likely N-dealkylation sites (tertiary alicyclic amines) is 1. The zero-order chi connectivity index (χ0) is 14.4. The van der Waals surface area contributed by atoms with Crippen LogP contribution in [0.2, 0.25) is 0 Å². The Bertz CT molecular complexity index is 501. The lowest BCUT2D eigenvalue weighted by molar-refractivity contribution is -0.130. The highest BCUT2D eigenvalue weighted by Crippen LogP contribution is 2.14. The van der Waals surface area contributed by atoms with Gasteiger partial charge in [0.05, 0.1) is 11.6 Å². The van der Waals surface area contributed by atoms with Crippen molar-refractivity contribution in [3.63, 3.8) is 0 Å². The third kappa shape index (κ3) is 3.82. The lowest BCUT2D eigenvalue weighted by atomic mass is 10.1. The van der Waals surface area contributed by atoms with Crippen molar-refractivity contribution in [2.75, 3.05) is 19.6 Å². The molecule has 1 heterocycles. The Morgan fingerprint density at radius 2 is 2.20 bits per heavy atom. The Balaban J connectivity index is 1.78. The van der Waals surface area contributed by atoms with Crippen molar-refractivity contribution in [3.8, 4) is 6.07 Å². The molecule has 1 aromatic rings. The third-order valence-electron chi connectivity index (χ3n) is 3.76. The van der Waals surface area contributed by atoms with Gasteiger partial charge in [-0.15, -0.1) is 0 Å². The number of hydrogen-bond acceptors (Lipinski definition) is 3. The molecular weight excluding hydrogens is 250 g/mol. The zero-order valence-corrected chi connectivity index (χ0v) is 11.9. The number of benzene rings is 1. The Labute approximate surface area is 120 Å². The lowest BCUT2D eigenvalue weighted by Gasteiger charge is -2.17. The fourth-order valence-electron chi connectivity index (χ4n) is 2.52. The molecule has 4 nitrogen and oxygen atoms in total. The molecule has 20 heavy (non-hydrogen) atoms. The monoisotopic (exact) mass is 271 g/mol. The normalized spacial score (nSPS) is 15.9. The SMILES string of the molecule is CC(NCCC(=O)N1CCCC1)c1cccc(C#N)c1. The molecule has 1 atom stereocenters. The average molecular weight is 271 g/mol. The van der Waals surface area contributed by atoms with Crippen molar-refractivity contribution in [1.29, 1.82) is 5.26 Å². The Morgan fingerprint density at radius 1 is 1.45 bits per heavy atom. The van der Waals surface area contributed by atoms with Gasteiger partial charge in [0.15, 0.2) is 0 Å². The second-order valence-corrected chi connectivity index (χ2v) is 5.25. The minimum atomic E-state index is 0.148. The minimum absolute atomic E-state index is 0.148. The van der Waals surface area contributed by atoms with E-state index in [2.05, 4.69) is 18.3 Å². The van der Waals surface area contributed by atoms with E-state index < -0.39 is 0 Å². The second kappa shape index (κ2) is 7.06. The number of amides is 1. The van der Waals surface area contributed by atoms with E-state index in [9.17, 15) is 4.79 Å². The molecule has 1 aliphatic heterocycles. The van der Waals surface area contributed by atoms with E-state index in [0.29, 0.717) is 18.5 Å². The van der Waals surface area contributed by atoms with E-state index in [-0.39, 0.29) is 11.9 Å². The van der Waals surface area contributed by atoms with Gasteiger partial charge in [-0.2, -0.15) is 5.26 Å². The van der Waals surface area contributed by atoms with Crippen molar-refractivity contribution in [2.45, 2.75) is 32.2 Å². The van der Waals surface area contributed by atoms with Crippen LogP contribution < -0.4 is 5.32 Å². The summed E-state index contributed by atoms with van der Waals surface area (Å²) in [5.41, 5.74) is 1.75. The van der Waals surface area contributed by atoms with Crippen LogP contribution >= 0.6 is 0 Å². The van der Waals surface area contributed by atoms with Crippen LogP contribution in [0.4, 0.5) is 0 Å². The minimum Gasteiger partial charge on any atom is -0.343 e. The van der Waals surface area contributed by atoms with Gasteiger partial charge in [0, 0.05) is 32.1 Å². The highest BCUT2D eigenvalue weighted by Gasteiger charge is 2.17. The number of rotatable bonds is 5. The molecule has 106 valence electrons. The molecule has 1 fully saturated rings. The van der Waals surface area contributed by atoms with Gasteiger partial charge in [0.1, 0.15) is 0 Å². The molecular formula is C16H21N3O. The summed E-state index contributed by atoms with van der Waals surface area (Å²) in [7, 11) is 0. The molecule has 0 spiro atoms. The predicted octanol–water partition coefficient (Wildman–Crippen LogP) is 2.22. The summed E-state index contributed by atoms with van der Waals surface area (Å²) in [6.07, 6.45) is 2.81. The van der Waals surface area contributed by atoms with Gasteiger partial charge in [-0.05, 0) is 37.5 Å². The van der Waals surface area contributed by atoms with Gasteiger partial charge in [-0.3, -0.25) is 4.79 Å². The maximum atomic E-state index is 11.9. The van der Waals surface area contributed by atoms with Gasteiger partial charge >= 0.3 is 0 Å². The summed E-state index contributed by atoms with van der Waals surface area (Å²) in [5, 5.41) is 12.2. The first kappa shape index (κ1) is 14.5. The molecule has 0 radical (unpaired) electrons. The van der Waals surface area contributed by atoms with E-state index in [0.717, 1.165) is 31.5 Å². The van der Waals surface area contributed by atoms with E-state index in [1.165, 1.54) is 0 Å². The number of carbonyl (C=O) groups excluding carboxylic acids is 1. The number of nitrogens with one attached hydrogen (secondary N) is 1. The molecule has 4 heteroatoms. The zero-order valence-electron chi connectivity index (χ0n) is 11.9. The first-order valence-electron chi connectivity index (χ1n) is 7.22. The molecule has 1 saturated heterocycles. The topological polar surface area (TPSA) is 56.1 Å². The fraction of sp³-hybridized carbons (Fsp3) is 0.500. The third-order valence-corrected chi connectivity index (χ3v) is 3.76. The summed E-state index contributed by atoms with van der Waals surface area (Å²) < 4.78 is 0. The van der Waals surface area contributed by atoms with Crippen molar-refractivity contribution >= 4 is 5.91 Å². The van der Waals surface area contributed by atoms with Gasteiger partial charge in [0.25, 0.3) is 0 Å². The largest absolute Gasteiger partial charge is 0.343 e. The van der Waals surface area contributed by atoms with Gasteiger partial charge < -0.3 is 10.2 Å². The van der Waals surface area contributed by atoms with Crippen LogP contribution in [-0.4, -0.2) is 30.4 Å². The van der Waals surface area contributed by atoms with E-state index in [4.69, 9.17) is 5.26 Å². The number of nitriles is 1. The molecule has 1 aromatic carbocycles. The first-order chi connectivity index (χ1) is 9.70. The summed E-state index contributed by atoms with van der Waals surface area (Å²) >= 11 is 0. The van der Waals surface area contributed by atoms with Crippen LogP contribution in [0.5, 0.6) is 0 Å². The summed E-state index contributed by atoms with van der Waals surface area (Å²) in [4.78, 5) is 13.9. The molecule has 1 aliphatic rings. The van der Waals surface area contributed by atoms with Gasteiger partial charge in [-0.25, -0.2) is 0 Å². The Morgan fingerprint density at radius 3 is 2.90 bits per heavy atom. The summed E-state index contributed by atoms with van der Waals surface area (Å²) in [6.45, 7) is 4.56. The van der Waals surface area contributed by atoms with Crippen LogP contribution in [0.25, 0.3) is 0 Å². The maximum Gasteiger partial charge on any atom is 0.223 e. The molecule has 0 aromatic heterocycles. The molecule has 1 unspecified atom stereocenters. The Hall–Kier alpha value is -1.86. The van der Waals surface area contributed by atoms with Crippen LogP contribution in [0, 0.1) is 11.3 Å². The van der Waals surface area contributed by atoms with E-state index >= 15 is 0 Å². The van der Waals surface area contributed by atoms with Crippen LogP contribution in [0.1, 0.15) is 43.4 Å². The van der Waals surface area contributed by atoms with Crippen LogP contribution in [0.15, 0.2) is 24.3 Å². The molecule has 1 amide bonds. The Kier molecular flexibility index (Phi) is 5.14. The molecule has 1 N–H and O–H groups in total. The average Bonchev–Trinajstić information content (AvgIpc) is 3.01. The van der Waals surface area contributed by atoms with Crippen molar-refractivity contribution in [1.82, 2.24) is 10.2 Å². The van der Waals surface area contributed by atoms with Crippen molar-refractivity contribution in [2.24, 2.45) is 0 Å². The number of carbonyl (C=O) groups is 1. The van der Waals surface area contributed by atoms with Gasteiger partial charge in [-0.1, -0.05) is 12.1 Å². The molecule has 2 rings (SSSR count). The number of hydrogen-bond donors (Lipinski definition) is 1. The summed E-state index contributed by atoms with van der Waals surface area (Å²) in [6, 6.07) is 9.87. The van der Waals surface area contributed by atoms with Crippen LogP contribution in [-0.2, 0) is 4.79 Å². The van der Waals surface area contributed by atoms with Crippen molar-refractivity contribution < 1.29 is 4.79 Å². The lowest BCUT2D eigenvalue weighted by Crippen LogP contribution is -2.31. The molecule has 0 bridgehead atoms. The molecule has 0 saturated carbocycles. The highest BCUT2D eigenvalue weighted by atomic mass is 16.2. The van der Waals surface area contributed by atoms with E-state index in [1.807, 2.05) is 23.1 Å². The number of nitrogens with zero attached hydrogens (tertiary/aromatic N) is 2. The second-order valence-electron chi connectivity index (χ2n) is 5.25. The van der Waals surface area contributed by atoms with E-state index in [1.54, 1.807) is 6.07 Å². The maximum absolute atomic E-state index is 11.9.